The van der Waals surface area contributed by atoms with Gasteiger partial charge in [0.1, 0.15) is 0 Å². The molecule has 0 radical (unpaired) electrons. The molecule has 4 nitrogen and oxygen atoms in total. The highest BCUT2D eigenvalue weighted by atomic mass is 35.5. The Balaban J connectivity index is 1.57. The SMILES string of the molecule is Cc1ccc(NC(=O)C(C)Sc2nc(-c3ccccc3)c(-c3ccccc3)[nH]2)cc1Cl. The summed E-state index contributed by atoms with van der Waals surface area (Å²) < 4.78 is 0. The second kappa shape index (κ2) is 9.41. The Morgan fingerprint density at radius 1 is 1.00 bits per heavy atom. The van der Waals surface area contributed by atoms with Crippen LogP contribution in [0.2, 0.25) is 5.02 Å². The summed E-state index contributed by atoms with van der Waals surface area (Å²) in [5.74, 6) is -0.108. The van der Waals surface area contributed by atoms with Crippen molar-refractivity contribution in [2.75, 3.05) is 5.32 Å². The summed E-state index contributed by atoms with van der Waals surface area (Å²) in [7, 11) is 0. The van der Waals surface area contributed by atoms with Gasteiger partial charge >= 0.3 is 0 Å². The van der Waals surface area contributed by atoms with E-state index in [4.69, 9.17) is 16.6 Å². The van der Waals surface area contributed by atoms with E-state index < -0.39 is 0 Å². The third-order valence-corrected chi connectivity index (χ3v) is 6.28. The normalized spacial score (nSPS) is 11.8. The summed E-state index contributed by atoms with van der Waals surface area (Å²) in [6, 6.07) is 25.6. The second-order valence-corrected chi connectivity index (χ2v) is 8.95. The van der Waals surface area contributed by atoms with Gasteiger partial charge in [-0.15, -0.1) is 0 Å². The molecule has 0 bridgehead atoms. The predicted octanol–water partition coefficient (Wildman–Crippen LogP) is 6.82. The lowest BCUT2D eigenvalue weighted by atomic mass is 10.1. The van der Waals surface area contributed by atoms with Crippen LogP contribution in [0.1, 0.15) is 12.5 Å². The first-order valence-corrected chi connectivity index (χ1v) is 11.2. The standard InChI is InChI=1S/C25H22ClN3OS/c1-16-13-14-20(15-21(16)26)27-24(30)17(2)31-25-28-22(18-9-5-3-6-10-18)23(29-25)19-11-7-4-8-12-19/h3-15,17H,1-2H3,(H,27,30)(H,28,29). The predicted molar refractivity (Wildman–Crippen MR) is 130 cm³/mol. The molecule has 31 heavy (non-hydrogen) atoms. The number of carbonyl (C=O) groups is 1. The smallest absolute Gasteiger partial charge is 0.237 e. The maximum atomic E-state index is 12.7. The van der Waals surface area contributed by atoms with Crippen LogP contribution in [0.25, 0.3) is 22.5 Å². The summed E-state index contributed by atoms with van der Waals surface area (Å²) in [6.07, 6.45) is 0. The van der Waals surface area contributed by atoms with E-state index in [9.17, 15) is 4.79 Å². The van der Waals surface area contributed by atoms with Gasteiger partial charge in [-0.1, -0.05) is 90.1 Å². The Hall–Kier alpha value is -3.02. The average molecular weight is 448 g/mol. The van der Waals surface area contributed by atoms with Gasteiger partial charge in [0.05, 0.1) is 16.6 Å². The third-order valence-electron chi connectivity index (χ3n) is 4.89. The van der Waals surface area contributed by atoms with Gasteiger partial charge in [-0.05, 0) is 31.5 Å². The van der Waals surface area contributed by atoms with E-state index in [1.165, 1.54) is 11.8 Å². The van der Waals surface area contributed by atoms with Crippen molar-refractivity contribution in [3.8, 4) is 22.5 Å². The van der Waals surface area contributed by atoms with Gasteiger partial charge in [0, 0.05) is 21.8 Å². The van der Waals surface area contributed by atoms with Gasteiger partial charge in [-0.3, -0.25) is 4.79 Å². The van der Waals surface area contributed by atoms with Crippen LogP contribution in [0.4, 0.5) is 5.69 Å². The molecule has 4 rings (SSSR count). The molecule has 0 aliphatic carbocycles. The number of H-pyrrole nitrogens is 1. The zero-order valence-corrected chi connectivity index (χ0v) is 18.8. The number of amides is 1. The van der Waals surface area contributed by atoms with Crippen LogP contribution in [0.3, 0.4) is 0 Å². The number of carbonyl (C=O) groups excluding carboxylic acids is 1. The molecular formula is C25H22ClN3OS. The molecule has 156 valence electrons. The van der Waals surface area contributed by atoms with E-state index in [0.717, 1.165) is 28.1 Å². The van der Waals surface area contributed by atoms with Crippen LogP contribution >= 0.6 is 23.4 Å². The quantitative estimate of drug-likeness (QED) is 0.318. The monoisotopic (exact) mass is 447 g/mol. The van der Waals surface area contributed by atoms with Crippen molar-refractivity contribution in [1.29, 1.82) is 0 Å². The Morgan fingerprint density at radius 3 is 2.29 bits per heavy atom. The molecule has 2 N–H and O–H groups in total. The number of benzene rings is 3. The number of nitrogens with one attached hydrogen (secondary N) is 2. The maximum Gasteiger partial charge on any atom is 0.237 e. The Labute approximate surface area is 191 Å². The highest BCUT2D eigenvalue weighted by Gasteiger charge is 2.20. The molecule has 1 atom stereocenters. The molecule has 4 aromatic rings. The molecule has 0 saturated carbocycles. The van der Waals surface area contributed by atoms with Crippen molar-refractivity contribution in [2.45, 2.75) is 24.3 Å². The van der Waals surface area contributed by atoms with Gasteiger partial charge in [-0.2, -0.15) is 0 Å². The first-order chi connectivity index (χ1) is 15.0. The number of rotatable bonds is 6. The largest absolute Gasteiger partial charge is 0.332 e. The number of thioether (sulfide) groups is 1. The van der Waals surface area contributed by atoms with Crippen LogP contribution < -0.4 is 5.32 Å². The number of hydrogen-bond acceptors (Lipinski definition) is 3. The molecule has 1 unspecified atom stereocenters. The van der Waals surface area contributed by atoms with Crippen molar-refractivity contribution < 1.29 is 4.79 Å². The van der Waals surface area contributed by atoms with Crippen LogP contribution in [0.15, 0.2) is 84.0 Å². The molecule has 0 aliphatic rings. The molecule has 0 fully saturated rings. The fraction of sp³-hybridized carbons (Fsp3) is 0.120. The van der Waals surface area contributed by atoms with E-state index in [2.05, 4.69) is 10.3 Å². The number of nitrogens with zero attached hydrogens (tertiary/aromatic N) is 1. The minimum atomic E-state index is -0.349. The summed E-state index contributed by atoms with van der Waals surface area (Å²) >= 11 is 7.56. The van der Waals surface area contributed by atoms with Crippen LogP contribution in [-0.4, -0.2) is 21.1 Å². The fourth-order valence-corrected chi connectivity index (χ4v) is 4.15. The zero-order valence-electron chi connectivity index (χ0n) is 17.2. The Morgan fingerprint density at radius 2 is 1.65 bits per heavy atom. The van der Waals surface area contributed by atoms with Gasteiger partial charge in [0.2, 0.25) is 5.91 Å². The molecule has 0 aliphatic heterocycles. The van der Waals surface area contributed by atoms with Crippen LogP contribution in [-0.2, 0) is 4.79 Å². The molecular weight excluding hydrogens is 426 g/mol. The molecule has 0 saturated heterocycles. The highest BCUT2D eigenvalue weighted by molar-refractivity contribution is 8.00. The van der Waals surface area contributed by atoms with Crippen molar-refractivity contribution in [1.82, 2.24) is 9.97 Å². The van der Waals surface area contributed by atoms with E-state index in [-0.39, 0.29) is 11.2 Å². The van der Waals surface area contributed by atoms with Gasteiger partial charge in [0.25, 0.3) is 0 Å². The first kappa shape index (κ1) is 21.2. The van der Waals surface area contributed by atoms with E-state index in [1.54, 1.807) is 6.07 Å². The number of halogens is 1. The molecule has 1 heterocycles. The number of hydrogen-bond donors (Lipinski definition) is 2. The van der Waals surface area contributed by atoms with Gasteiger partial charge < -0.3 is 10.3 Å². The van der Waals surface area contributed by atoms with E-state index in [0.29, 0.717) is 15.9 Å². The fourth-order valence-electron chi connectivity index (χ4n) is 3.16. The molecule has 1 aromatic heterocycles. The average Bonchev–Trinajstić information content (AvgIpc) is 3.21. The lowest BCUT2D eigenvalue weighted by Crippen LogP contribution is -2.22. The number of imidazole rings is 1. The van der Waals surface area contributed by atoms with Gasteiger partial charge in [0.15, 0.2) is 5.16 Å². The number of aromatic amines is 1. The van der Waals surface area contributed by atoms with Crippen molar-refractivity contribution in [3.63, 3.8) is 0 Å². The lowest BCUT2D eigenvalue weighted by Gasteiger charge is -2.11. The highest BCUT2D eigenvalue weighted by Crippen LogP contribution is 2.34. The summed E-state index contributed by atoms with van der Waals surface area (Å²) in [5, 5.41) is 3.91. The lowest BCUT2D eigenvalue weighted by molar-refractivity contribution is -0.115. The van der Waals surface area contributed by atoms with Crippen molar-refractivity contribution >= 4 is 35.0 Å². The first-order valence-electron chi connectivity index (χ1n) is 9.96. The maximum absolute atomic E-state index is 12.7. The number of aromatic nitrogens is 2. The summed E-state index contributed by atoms with van der Waals surface area (Å²) in [4.78, 5) is 21.0. The molecule has 0 spiro atoms. The summed E-state index contributed by atoms with van der Waals surface area (Å²) in [5.41, 5.74) is 5.53. The molecule has 3 aromatic carbocycles. The summed E-state index contributed by atoms with van der Waals surface area (Å²) in [6.45, 7) is 3.79. The Kier molecular flexibility index (Phi) is 6.44. The van der Waals surface area contributed by atoms with Gasteiger partial charge in [-0.25, -0.2) is 4.98 Å². The Bertz CT molecular complexity index is 1140. The van der Waals surface area contributed by atoms with Crippen LogP contribution in [0.5, 0.6) is 0 Å². The minimum absolute atomic E-state index is 0.108. The van der Waals surface area contributed by atoms with Crippen molar-refractivity contribution in [2.24, 2.45) is 0 Å². The number of anilines is 1. The topological polar surface area (TPSA) is 57.8 Å². The molecule has 6 heteroatoms. The third kappa shape index (κ3) is 5.01. The van der Waals surface area contributed by atoms with Crippen LogP contribution in [0, 0.1) is 6.92 Å². The van der Waals surface area contributed by atoms with E-state index in [1.807, 2.05) is 86.6 Å². The van der Waals surface area contributed by atoms with E-state index >= 15 is 0 Å². The number of aryl methyl sites for hydroxylation is 1. The zero-order chi connectivity index (χ0) is 21.8. The minimum Gasteiger partial charge on any atom is -0.332 e. The van der Waals surface area contributed by atoms with Crippen molar-refractivity contribution in [3.05, 3.63) is 89.4 Å². The molecule has 1 amide bonds. The second-order valence-electron chi connectivity index (χ2n) is 7.21.